The summed E-state index contributed by atoms with van der Waals surface area (Å²) in [6.45, 7) is 0. The van der Waals surface area contributed by atoms with Crippen molar-refractivity contribution < 1.29 is 22.7 Å². The summed E-state index contributed by atoms with van der Waals surface area (Å²) >= 11 is 11.1. The van der Waals surface area contributed by atoms with Crippen molar-refractivity contribution in [2.75, 3.05) is 7.11 Å². The summed E-state index contributed by atoms with van der Waals surface area (Å²) in [6.07, 6.45) is -4.70. The number of halogens is 5. The van der Waals surface area contributed by atoms with Crippen LogP contribution >= 0.6 is 23.2 Å². The molecule has 0 radical (unpaired) electrons. The Hall–Kier alpha value is -0.940. The van der Waals surface area contributed by atoms with Crippen LogP contribution in [0.15, 0.2) is 12.1 Å². The van der Waals surface area contributed by atoms with Gasteiger partial charge in [0.05, 0.1) is 28.3 Å². The molecule has 88 valence electrons. The lowest BCUT2D eigenvalue weighted by molar-refractivity contribution is -0.138. The third-order valence-corrected chi connectivity index (χ3v) is 2.59. The number of carbonyl (C=O) groups excluding carboxylic acids is 1. The summed E-state index contributed by atoms with van der Waals surface area (Å²) in [5.74, 6) is -1.18. The number of hydrogen-bond donors (Lipinski definition) is 0. The van der Waals surface area contributed by atoms with Crippen LogP contribution in [0.4, 0.5) is 13.2 Å². The lowest BCUT2D eigenvalue weighted by Crippen LogP contribution is -2.14. The van der Waals surface area contributed by atoms with Crippen molar-refractivity contribution in [2.24, 2.45) is 0 Å². The molecule has 0 aliphatic heterocycles. The third-order valence-electron chi connectivity index (χ3n) is 1.79. The quantitative estimate of drug-likeness (QED) is 0.727. The predicted molar refractivity (Wildman–Crippen MR) is 52.8 cm³/mol. The average Bonchev–Trinajstić information content (AvgIpc) is 2.19. The summed E-state index contributed by atoms with van der Waals surface area (Å²) in [4.78, 5) is 11.2. The SMILES string of the molecule is COC(=O)c1c(C(F)(F)F)ccc(Cl)c1Cl. The number of alkyl halides is 3. The first-order chi connectivity index (χ1) is 7.29. The van der Waals surface area contributed by atoms with Gasteiger partial charge in [-0.15, -0.1) is 0 Å². The fraction of sp³-hybridized carbons (Fsp3) is 0.222. The number of esters is 1. The Kier molecular flexibility index (Phi) is 3.70. The summed E-state index contributed by atoms with van der Waals surface area (Å²) in [7, 11) is 0.958. The van der Waals surface area contributed by atoms with Gasteiger partial charge in [0, 0.05) is 0 Å². The van der Waals surface area contributed by atoms with Crippen LogP contribution in [0.1, 0.15) is 15.9 Å². The number of hydrogen-bond acceptors (Lipinski definition) is 2. The van der Waals surface area contributed by atoms with E-state index in [1.165, 1.54) is 0 Å². The smallest absolute Gasteiger partial charge is 0.417 e. The normalized spacial score (nSPS) is 11.4. The van der Waals surface area contributed by atoms with Crippen molar-refractivity contribution in [3.63, 3.8) is 0 Å². The third kappa shape index (κ3) is 2.41. The van der Waals surface area contributed by atoms with Gasteiger partial charge in [0.15, 0.2) is 0 Å². The minimum atomic E-state index is -4.70. The largest absolute Gasteiger partial charge is 0.465 e. The average molecular weight is 273 g/mol. The van der Waals surface area contributed by atoms with Gasteiger partial charge in [-0.1, -0.05) is 23.2 Å². The molecule has 2 nitrogen and oxygen atoms in total. The van der Waals surface area contributed by atoms with Gasteiger partial charge in [0.2, 0.25) is 0 Å². The van der Waals surface area contributed by atoms with E-state index in [2.05, 4.69) is 4.74 Å². The van der Waals surface area contributed by atoms with Crippen LogP contribution < -0.4 is 0 Å². The minimum Gasteiger partial charge on any atom is -0.465 e. The highest BCUT2D eigenvalue weighted by Crippen LogP contribution is 2.38. The van der Waals surface area contributed by atoms with E-state index in [0.29, 0.717) is 6.07 Å². The van der Waals surface area contributed by atoms with E-state index in [1.807, 2.05) is 0 Å². The Labute approximate surface area is 98.9 Å². The van der Waals surface area contributed by atoms with E-state index < -0.39 is 28.3 Å². The molecule has 0 unspecified atom stereocenters. The van der Waals surface area contributed by atoms with Gasteiger partial charge in [0.25, 0.3) is 0 Å². The molecule has 0 atom stereocenters. The van der Waals surface area contributed by atoms with Crippen LogP contribution in [0, 0.1) is 0 Å². The molecule has 0 aliphatic carbocycles. The van der Waals surface area contributed by atoms with Crippen molar-refractivity contribution in [1.29, 1.82) is 0 Å². The maximum Gasteiger partial charge on any atom is 0.417 e. The van der Waals surface area contributed by atoms with Gasteiger partial charge in [0.1, 0.15) is 0 Å². The molecule has 0 saturated carbocycles. The van der Waals surface area contributed by atoms with E-state index >= 15 is 0 Å². The van der Waals surface area contributed by atoms with E-state index in [1.54, 1.807) is 0 Å². The second-order valence-corrected chi connectivity index (χ2v) is 3.56. The van der Waals surface area contributed by atoms with Gasteiger partial charge in [-0.2, -0.15) is 13.2 Å². The van der Waals surface area contributed by atoms with Gasteiger partial charge in [-0.05, 0) is 12.1 Å². The molecule has 1 rings (SSSR count). The second kappa shape index (κ2) is 4.51. The van der Waals surface area contributed by atoms with Crippen LogP contribution in [0.25, 0.3) is 0 Å². The lowest BCUT2D eigenvalue weighted by Gasteiger charge is -2.13. The first kappa shape index (κ1) is 13.1. The maximum absolute atomic E-state index is 12.5. The Bertz CT molecular complexity index is 429. The van der Waals surface area contributed by atoms with Crippen molar-refractivity contribution in [3.05, 3.63) is 33.3 Å². The fourth-order valence-electron chi connectivity index (χ4n) is 1.09. The topological polar surface area (TPSA) is 26.3 Å². The summed E-state index contributed by atoms with van der Waals surface area (Å²) < 4.78 is 41.9. The fourth-order valence-corrected chi connectivity index (χ4v) is 1.49. The number of carbonyl (C=O) groups is 1. The van der Waals surface area contributed by atoms with Crippen molar-refractivity contribution in [2.45, 2.75) is 6.18 Å². The van der Waals surface area contributed by atoms with Gasteiger partial charge >= 0.3 is 12.1 Å². The predicted octanol–water partition coefficient (Wildman–Crippen LogP) is 3.80. The molecule has 0 amide bonds. The van der Waals surface area contributed by atoms with E-state index in [9.17, 15) is 18.0 Å². The van der Waals surface area contributed by atoms with Crippen molar-refractivity contribution in [1.82, 2.24) is 0 Å². The van der Waals surface area contributed by atoms with Gasteiger partial charge < -0.3 is 4.74 Å². The van der Waals surface area contributed by atoms with Crippen LogP contribution in [0.3, 0.4) is 0 Å². The summed E-state index contributed by atoms with van der Waals surface area (Å²) in [5.41, 5.74) is -1.95. The molecule has 0 N–H and O–H groups in total. The van der Waals surface area contributed by atoms with Crippen LogP contribution in [0.5, 0.6) is 0 Å². The molecule has 0 saturated heterocycles. The minimum absolute atomic E-state index is 0.143. The molecule has 0 aromatic heterocycles. The lowest BCUT2D eigenvalue weighted by atomic mass is 10.1. The zero-order chi connectivity index (χ0) is 12.5. The molecule has 16 heavy (non-hydrogen) atoms. The Morgan fingerprint density at radius 2 is 1.88 bits per heavy atom. The van der Waals surface area contributed by atoms with Crippen LogP contribution in [0.2, 0.25) is 10.0 Å². The molecular weight excluding hydrogens is 268 g/mol. The van der Waals surface area contributed by atoms with Gasteiger partial charge in [-0.25, -0.2) is 4.79 Å². The van der Waals surface area contributed by atoms with Crippen LogP contribution in [-0.4, -0.2) is 13.1 Å². The maximum atomic E-state index is 12.5. The highest BCUT2D eigenvalue weighted by molar-refractivity contribution is 6.43. The molecule has 0 fully saturated rings. The van der Waals surface area contributed by atoms with Gasteiger partial charge in [-0.3, -0.25) is 0 Å². The first-order valence-corrected chi connectivity index (χ1v) is 4.68. The zero-order valence-corrected chi connectivity index (χ0v) is 9.37. The summed E-state index contributed by atoms with van der Waals surface area (Å²) in [6, 6.07) is 1.65. The number of methoxy groups -OCH3 is 1. The Morgan fingerprint density at radius 3 is 2.31 bits per heavy atom. The molecule has 0 heterocycles. The number of benzene rings is 1. The van der Waals surface area contributed by atoms with E-state index in [-0.39, 0.29) is 5.02 Å². The van der Waals surface area contributed by atoms with E-state index in [4.69, 9.17) is 23.2 Å². The number of rotatable bonds is 1. The molecule has 0 aliphatic rings. The molecule has 1 aromatic rings. The molecule has 0 bridgehead atoms. The zero-order valence-electron chi connectivity index (χ0n) is 7.86. The molecular formula is C9H5Cl2F3O2. The summed E-state index contributed by atoms with van der Waals surface area (Å²) in [5, 5.41) is -0.613. The van der Waals surface area contributed by atoms with Crippen LogP contribution in [-0.2, 0) is 10.9 Å². The second-order valence-electron chi connectivity index (χ2n) is 2.77. The first-order valence-electron chi connectivity index (χ1n) is 3.92. The molecule has 7 heteroatoms. The Morgan fingerprint density at radius 1 is 1.31 bits per heavy atom. The Balaban J connectivity index is 3.51. The monoisotopic (exact) mass is 272 g/mol. The number of ether oxygens (including phenoxy) is 1. The van der Waals surface area contributed by atoms with Crippen molar-refractivity contribution in [3.8, 4) is 0 Å². The molecule has 0 spiro atoms. The van der Waals surface area contributed by atoms with E-state index in [0.717, 1.165) is 13.2 Å². The molecule has 1 aromatic carbocycles. The van der Waals surface area contributed by atoms with Crippen molar-refractivity contribution >= 4 is 29.2 Å². The highest BCUT2D eigenvalue weighted by atomic mass is 35.5. The highest BCUT2D eigenvalue weighted by Gasteiger charge is 2.37. The standard InChI is InChI=1S/C9H5Cl2F3O2/c1-16-8(15)6-4(9(12,13)14)2-3-5(10)7(6)11/h2-3H,1H3.